The Morgan fingerprint density at radius 1 is 0.929 bits per heavy atom. The van der Waals surface area contributed by atoms with Gasteiger partial charge in [-0.1, -0.05) is 30.3 Å². The Morgan fingerprint density at radius 2 is 1.79 bits per heavy atom. The van der Waals surface area contributed by atoms with Crippen molar-refractivity contribution < 1.29 is 14.3 Å². The lowest BCUT2D eigenvalue weighted by atomic mass is 10.1. The highest BCUT2D eigenvalue weighted by Gasteiger charge is 2.17. The number of phenols is 1. The first kappa shape index (κ1) is 25.0. The molecule has 0 fully saturated rings. The summed E-state index contributed by atoms with van der Waals surface area (Å²) in [7, 11) is 0. The van der Waals surface area contributed by atoms with E-state index in [1.165, 1.54) is 12.1 Å². The van der Waals surface area contributed by atoms with E-state index in [1.807, 2.05) is 42.5 Å². The number of carbonyl (C=O) groups is 1. The first-order chi connectivity index (χ1) is 20.5. The zero-order valence-corrected chi connectivity index (χ0v) is 21.8. The van der Waals surface area contributed by atoms with Crippen LogP contribution in [0.4, 0.5) is 10.1 Å². The van der Waals surface area contributed by atoms with E-state index in [0.717, 1.165) is 22.8 Å². The van der Waals surface area contributed by atoms with Crippen molar-refractivity contribution >= 4 is 33.7 Å². The third-order valence-corrected chi connectivity index (χ3v) is 6.77. The number of aromatic nitrogens is 7. The number of aromatic hydroxyl groups is 1. The van der Waals surface area contributed by atoms with E-state index < -0.39 is 5.82 Å². The lowest BCUT2D eigenvalue weighted by molar-refractivity contribution is -0.115. The van der Waals surface area contributed by atoms with Crippen LogP contribution >= 0.6 is 0 Å². The maximum absolute atomic E-state index is 14.0. The Labute approximate surface area is 237 Å². The minimum atomic E-state index is -0.577. The van der Waals surface area contributed by atoms with E-state index in [1.54, 1.807) is 30.9 Å². The maximum Gasteiger partial charge on any atom is 0.228 e. The molecule has 10 nitrogen and oxygen atoms in total. The first-order valence-corrected chi connectivity index (χ1v) is 13.0. The maximum atomic E-state index is 14.0. The minimum absolute atomic E-state index is 0.141. The summed E-state index contributed by atoms with van der Waals surface area (Å²) in [5.74, 6) is -0.432. The van der Waals surface area contributed by atoms with E-state index in [9.17, 15) is 14.3 Å². The number of pyridine rings is 3. The fourth-order valence-electron chi connectivity index (χ4n) is 4.87. The zero-order chi connectivity index (χ0) is 28.6. The van der Waals surface area contributed by atoms with Crippen LogP contribution in [0.1, 0.15) is 5.56 Å². The normalized spacial score (nSPS) is 11.3. The molecule has 5 aromatic heterocycles. The van der Waals surface area contributed by atoms with E-state index in [0.29, 0.717) is 50.5 Å². The van der Waals surface area contributed by atoms with Crippen molar-refractivity contribution in [1.29, 1.82) is 0 Å². The Balaban J connectivity index is 1.22. The molecule has 204 valence electrons. The second kappa shape index (κ2) is 10.2. The van der Waals surface area contributed by atoms with Gasteiger partial charge in [0.25, 0.3) is 0 Å². The van der Waals surface area contributed by atoms with Crippen LogP contribution in [0.5, 0.6) is 5.75 Å². The third kappa shape index (κ3) is 4.79. The molecule has 5 heterocycles. The summed E-state index contributed by atoms with van der Waals surface area (Å²) >= 11 is 0. The Hall–Kier alpha value is -5.97. The van der Waals surface area contributed by atoms with E-state index in [2.05, 4.69) is 35.5 Å². The van der Waals surface area contributed by atoms with Crippen LogP contribution in [0.25, 0.3) is 56.0 Å². The van der Waals surface area contributed by atoms with E-state index in [4.69, 9.17) is 4.98 Å². The van der Waals surface area contributed by atoms with Crippen LogP contribution < -0.4 is 5.32 Å². The summed E-state index contributed by atoms with van der Waals surface area (Å²) in [4.78, 5) is 33.8. The number of carbonyl (C=O) groups excluding carboxylic acids is 1. The number of fused-ring (bicyclic) bond motifs is 2. The van der Waals surface area contributed by atoms with Crippen molar-refractivity contribution in [2.45, 2.75) is 6.42 Å². The number of hydrogen-bond donors (Lipinski definition) is 4. The van der Waals surface area contributed by atoms with Crippen molar-refractivity contribution in [3.8, 4) is 39.7 Å². The highest BCUT2D eigenvalue weighted by atomic mass is 19.1. The molecule has 0 aliphatic heterocycles. The number of aromatic amines is 2. The number of anilines is 1. The quantitative estimate of drug-likeness (QED) is 0.207. The summed E-state index contributed by atoms with van der Waals surface area (Å²) in [6.45, 7) is 0. The van der Waals surface area contributed by atoms with Crippen molar-refractivity contribution in [2.24, 2.45) is 0 Å². The fraction of sp³-hybridized carbons (Fsp3) is 0.0323. The van der Waals surface area contributed by atoms with Gasteiger partial charge in [-0.15, -0.1) is 0 Å². The van der Waals surface area contributed by atoms with Gasteiger partial charge in [-0.2, -0.15) is 5.10 Å². The minimum Gasteiger partial charge on any atom is -0.508 e. The van der Waals surface area contributed by atoms with Gasteiger partial charge in [-0.05, 0) is 35.9 Å². The molecule has 0 spiro atoms. The van der Waals surface area contributed by atoms with E-state index in [-0.39, 0.29) is 18.1 Å². The molecular weight excluding hydrogens is 535 g/mol. The van der Waals surface area contributed by atoms with Gasteiger partial charge in [0.2, 0.25) is 5.91 Å². The third-order valence-electron chi connectivity index (χ3n) is 6.77. The van der Waals surface area contributed by atoms with Gasteiger partial charge in [0.1, 0.15) is 22.8 Å². The molecule has 11 heteroatoms. The highest BCUT2D eigenvalue weighted by Crippen LogP contribution is 2.33. The van der Waals surface area contributed by atoms with Gasteiger partial charge in [0.15, 0.2) is 11.5 Å². The molecule has 0 aliphatic carbocycles. The largest absolute Gasteiger partial charge is 0.508 e. The van der Waals surface area contributed by atoms with Crippen LogP contribution in [0.15, 0.2) is 91.5 Å². The second-order valence-corrected chi connectivity index (χ2v) is 9.71. The summed E-state index contributed by atoms with van der Waals surface area (Å²) < 4.78 is 14.0. The number of H-pyrrole nitrogens is 2. The molecule has 42 heavy (non-hydrogen) atoms. The number of phenolic OH excluding ortho intramolecular Hbond substituents is 1. The zero-order valence-electron chi connectivity index (χ0n) is 21.8. The molecule has 2 aromatic carbocycles. The van der Waals surface area contributed by atoms with Crippen LogP contribution in [0.2, 0.25) is 0 Å². The molecule has 0 saturated carbocycles. The van der Waals surface area contributed by atoms with Crippen molar-refractivity contribution in [2.75, 3.05) is 5.32 Å². The molecule has 4 N–H and O–H groups in total. The summed E-state index contributed by atoms with van der Waals surface area (Å²) in [5, 5.41) is 20.9. The van der Waals surface area contributed by atoms with Crippen molar-refractivity contribution in [1.82, 2.24) is 35.1 Å². The van der Waals surface area contributed by atoms with Crippen LogP contribution in [-0.4, -0.2) is 46.1 Å². The molecular formula is C31H21FN8O2. The number of hydrogen-bond acceptors (Lipinski definition) is 7. The Bertz CT molecular complexity index is 2090. The standard InChI is InChI=1S/C31H21FN8O2/c32-21-9-18(11-23(41)13-21)27-29-25(6-7-34-27)37-31(38-29)28-24-12-20(15-35-30(24)40-39-28)19-10-22(16-33-14-19)36-26(42)8-17-4-2-1-3-5-17/h1-7,9-16,41H,8H2,(H,36,42)(H,37,38)(H,35,39,40). The van der Waals surface area contributed by atoms with Crippen molar-refractivity contribution in [3.05, 3.63) is 103 Å². The molecule has 0 aliphatic rings. The lowest BCUT2D eigenvalue weighted by Gasteiger charge is -2.07. The van der Waals surface area contributed by atoms with Gasteiger partial charge >= 0.3 is 0 Å². The smallest absolute Gasteiger partial charge is 0.228 e. The number of benzene rings is 2. The SMILES string of the molecule is O=C(Cc1ccccc1)Nc1cncc(-c2cnc3n[nH]c(-c4nc5c(-c6cc(O)cc(F)c6)nccc5[nH]4)c3c2)c1. The molecule has 0 saturated heterocycles. The molecule has 0 unspecified atom stereocenters. The van der Waals surface area contributed by atoms with Gasteiger partial charge in [0, 0.05) is 41.3 Å². The fourth-order valence-corrected chi connectivity index (χ4v) is 4.87. The van der Waals surface area contributed by atoms with Gasteiger partial charge in [0.05, 0.1) is 34.9 Å². The number of rotatable bonds is 6. The number of halogens is 1. The van der Waals surface area contributed by atoms with Gasteiger partial charge in [-0.3, -0.25) is 19.9 Å². The van der Waals surface area contributed by atoms with Gasteiger partial charge < -0.3 is 15.4 Å². The van der Waals surface area contributed by atoms with Crippen LogP contribution in [0, 0.1) is 5.82 Å². The lowest BCUT2D eigenvalue weighted by Crippen LogP contribution is -2.14. The predicted octanol–water partition coefficient (Wildman–Crippen LogP) is 5.65. The number of nitrogens with one attached hydrogen (secondary N) is 3. The average Bonchev–Trinajstić information content (AvgIpc) is 3.61. The Morgan fingerprint density at radius 3 is 2.64 bits per heavy atom. The number of nitrogens with zero attached hydrogens (tertiary/aromatic N) is 5. The average molecular weight is 557 g/mol. The van der Waals surface area contributed by atoms with E-state index >= 15 is 0 Å². The summed E-state index contributed by atoms with van der Waals surface area (Å²) in [6.07, 6.45) is 6.83. The molecule has 0 radical (unpaired) electrons. The molecule has 7 rings (SSSR count). The molecule has 0 atom stereocenters. The molecule has 1 amide bonds. The number of amides is 1. The second-order valence-electron chi connectivity index (χ2n) is 9.71. The van der Waals surface area contributed by atoms with Crippen LogP contribution in [0.3, 0.4) is 0 Å². The van der Waals surface area contributed by atoms with Gasteiger partial charge in [-0.25, -0.2) is 14.4 Å². The number of imidazole rings is 1. The molecule has 0 bridgehead atoms. The first-order valence-electron chi connectivity index (χ1n) is 13.0. The topological polar surface area (TPSA) is 145 Å². The highest BCUT2D eigenvalue weighted by molar-refractivity contribution is 5.97. The predicted molar refractivity (Wildman–Crippen MR) is 156 cm³/mol. The molecule has 7 aromatic rings. The Kier molecular flexibility index (Phi) is 6.08. The monoisotopic (exact) mass is 556 g/mol. The summed E-state index contributed by atoms with van der Waals surface area (Å²) in [6, 6.07) is 18.8. The van der Waals surface area contributed by atoms with Crippen molar-refractivity contribution in [3.63, 3.8) is 0 Å². The van der Waals surface area contributed by atoms with Crippen LogP contribution in [-0.2, 0) is 11.2 Å². The summed E-state index contributed by atoms with van der Waals surface area (Å²) in [5.41, 5.74) is 6.11.